The van der Waals surface area contributed by atoms with Gasteiger partial charge in [0, 0.05) is 0 Å². The van der Waals surface area contributed by atoms with Crippen LogP contribution in [0.1, 0.15) is 116 Å². The van der Waals surface area contributed by atoms with Crippen LogP contribution in [-0.2, 0) is 0 Å². The van der Waals surface area contributed by atoms with E-state index >= 15 is 0 Å². The topological polar surface area (TPSA) is 0 Å². The predicted molar refractivity (Wildman–Crippen MR) is 113 cm³/mol. The molecule has 0 aliphatic carbocycles. The van der Waals surface area contributed by atoms with E-state index in [0.717, 1.165) is 0 Å². The molecule has 0 heterocycles. The maximum absolute atomic E-state index is 3.83. The first kappa shape index (κ1) is 23.2. The van der Waals surface area contributed by atoms with E-state index < -0.39 is 0 Å². The summed E-state index contributed by atoms with van der Waals surface area (Å²) in [6.45, 7) is 9.93. The molecular formula is C24H44. The summed E-state index contributed by atoms with van der Waals surface area (Å²) in [7, 11) is 0. The quantitative estimate of drug-likeness (QED) is 0.163. The zero-order valence-corrected chi connectivity index (χ0v) is 16.7. The van der Waals surface area contributed by atoms with Crippen LogP contribution < -0.4 is 0 Å². The van der Waals surface area contributed by atoms with Crippen molar-refractivity contribution in [2.45, 2.75) is 116 Å². The van der Waals surface area contributed by atoms with E-state index in [-0.39, 0.29) is 0 Å². The van der Waals surface area contributed by atoms with Gasteiger partial charge in [-0.2, -0.15) is 0 Å². The maximum Gasteiger partial charge on any atom is -0.0320 e. The van der Waals surface area contributed by atoms with Gasteiger partial charge in [-0.15, -0.1) is 13.2 Å². The Hall–Kier alpha value is -0.780. The molecule has 0 atom stereocenters. The number of rotatable bonds is 19. The molecule has 0 amide bonds. The smallest absolute Gasteiger partial charge is 0.0320 e. The van der Waals surface area contributed by atoms with Gasteiger partial charge in [0.25, 0.3) is 0 Å². The molecule has 0 heteroatoms. The molecule has 0 saturated heterocycles. The second kappa shape index (κ2) is 20.3. The number of hydrogen-bond donors (Lipinski definition) is 0. The molecule has 0 spiro atoms. The molecule has 0 bridgehead atoms. The fraction of sp³-hybridized carbons (Fsp3) is 0.750. The molecule has 0 aliphatic heterocycles. The lowest BCUT2D eigenvalue weighted by molar-refractivity contribution is 0.605. The number of hydrogen-bond acceptors (Lipinski definition) is 0. The standard InChI is InChI=1S/C24H44/c1-4-7-10-13-15-17-20-23-24(21-18-12-9-6-3)22-19-16-14-11-8-5-2/h5-6,23H,2-4,7-22H2,1H3. The Labute approximate surface area is 153 Å². The monoisotopic (exact) mass is 332 g/mol. The van der Waals surface area contributed by atoms with Crippen LogP contribution in [0.3, 0.4) is 0 Å². The minimum Gasteiger partial charge on any atom is -0.103 e. The van der Waals surface area contributed by atoms with Gasteiger partial charge in [0.2, 0.25) is 0 Å². The van der Waals surface area contributed by atoms with E-state index in [1.54, 1.807) is 5.57 Å². The van der Waals surface area contributed by atoms with Crippen molar-refractivity contribution in [2.24, 2.45) is 0 Å². The average molecular weight is 333 g/mol. The third kappa shape index (κ3) is 17.6. The molecule has 0 aliphatic rings. The van der Waals surface area contributed by atoms with Crippen LogP contribution in [0.5, 0.6) is 0 Å². The van der Waals surface area contributed by atoms with Crippen molar-refractivity contribution in [1.82, 2.24) is 0 Å². The van der Waals surface area contributed by atoms with Crippen molar-refractivity contribution in [3.8, 4) is 0 Å². The molecular weight excluding hydrogens is 288 g/mol. The molecule has 24 heavy (non-hydrogen) atoms. The van der Waals surface area contributed by atoms with Gasteiger partial charge >= 0.3 is 0 Å². The normalized spacial score (nSPS) is 11.6. The van der Waals surface area contributed by atoms with Gasteiger partial charge in [-0.3, -0.25) is 0 Å². The summed E-state index contributed by atoms with van der Waals surface area (Å²) < 4.78 is 0. The highest BCUT2D eigenvalue weighted by molar-refractivity contribution is 5.02. The molecule has 0 radical (unpaired) electrons. The minimum atomic E-state index is 1.17. The van der Waals surface area contributed by atoms with Crippen LogP contribution in [0.2, 0.25) is 0 Å². The molecule has 140 valence electrons. The number of unbranched alkanes of at least 4 members (excludes halogenated alkanes) is 12. The highest BCUT2D eigenvalue weighted by Crippen LogP contribution is 2.19. The largest absolute Gasteiger partial charge is 0.103 e. The summed E-state index contributed by atoms with van der Waals surface area (Å²) in [5.41, 5.74) is 1.73. The van der Waals surface area contributed by atoms with E-state index in [4.69, 9.17) is 0 Å². The highest BCUT2D eigenvalue weighted by atomic mass is 14.1. The van der Waals surface area contributed by atoms with Crippen LogP contribution in [0, 0.1) is 0 Å². The van der Waals surface area contributed by atoms with Gasteiger partial charge in [0.1, 0.15) is 0 Å². The maximum atomic E-state index is 3.83. The van der Waals surface area contributed by atoms with Gasteiger partial charge in [-0.25, -0.2) is 0 Å². The molecule has 0 aromatic heterocycles. The Morgan fingerprint density at radius 2 is 1.04 bits per heavy atom. The first-order valence-electron chi connectivity index (χ1n) is 10.7. The fourth-order valence-corrected chi connectivity index (χ4v) is 3.20. The number of allylic oxidation sites excluding steroid dienone is 4. The summed E-state index contributed by atoms with van der Waals surface area (Å²) >= 11 is 0. The van der Waals surface area contributed by atoms with Crippen LogP contribution in [0.25, 0.3) is 0 Å². The lowest BCUT2D eigenvalue weighted by Gasteiger charge is -2.08. The van der Waals surface area contributed by atoms with Gasteiger partial charge < -0.3 is 0 Å². The van der Waals surface area contributed by atoms with E-state index in [1.165, 1.54) is 109 Å². The lowest BCUT2D eigenvalue weighted by atomic mass is 9.98. The van der Waals surface area contributed by atoms with E-state index in [0.29, 0.717) is 0 Å². The van der Waals surface area contributed by atoms with Crippen LogP contribution >= 0.6 is 0 Å². The third-order valence-corrected chi connectivity index (χ3v) is 4.80. The molecule has 0 rings (SSSR count). The van der Waals surface area contributed by atoms with Crippen molar-refractivity contribution in [1.29, 1.82) is 0 Å². The van der Waals surface area contributed by atoms with E-state index in [2.05, 4.69) is 32.2 Å². The van der Waals surface area contributed by atoms with Gasteiger partial charge in [-0.05, 0) is 64.2 Å². The van der Waals surface area contributed by atoms with Gasteiger partial charge in [0.05, 0.1) is 0 Å². The van der Waals surface area contributed by atoms with E-state index in [1.807, 2.05) is 6.08 Å². The summed E-state index contributed by atoms with van der Waals surface area (Å²) in [6, 6.07) is 0. The van der Waals surface area contributed by atoms with Gasteiger partial charge in [0.15, 0.2) is 0 Å². The molecule has 0 aromatic carbocycles. The van der Waals surface area contributed by atoms with Crippen molar-refractivity contribution in [3.63, 3.8) is 0 Å². The Morgan fingerprint density at radius 1 is 0.583 bits per heavy atom. The Kier molecular flexibility index (Phi) is 19.6. The SMILES string of the molecule is C=CCCCCCCC(=CCCCCCCCC)CCCCC=C. The Morgan fingerprint density at radius 3 is 1.67 bits per heavy atom. The minimum absolute atomic E-state index is 1.17. The van der Waals surface area contributed by atoms with Crippen molar-refractivity contribution < 1.29 is 0 Å². The fourth-order valence-electron chi connectivity index (χ4n) is 3.20. The molecule has 0 aromatic rings. The average Bonchev–Trinajstić information content (AvgIpc) is 2.60. The van der Waals surface area contributed by atoms with Crippen molar-refractivity contribution >= 4 is 0 Å². The summed E-state index contributed by atoms with van der Waals surface area (Å²) in [5, 5.41) is 0. The van der Waals surface area contributed by atoms with E-state index in [9.17, 15) is 0 Å². The molecule has 0 nitrogen and oxygen atoms in total. The van der Waals surface area contributed by atoms with Gasteiger partial charge in [-0.1, -0.05) is 75.7 Å². The lowest BCUT2D eigenvalue weighted by Crippen LogP contribution is -1.88. The third-order valence-electron chi connectivity index (χ3n) is 4.80. The summed E-state index contributed by atoms with van der Waals surface area (Å²) in [5.74, 6) is 0. The van der Waals surface area contributed by atoms with Crippen LogP contribution in [0.4, 0.5) is 0 Å². The first-order valence-corrected chi connectivity index (χ1v) is 10.7. The Balaban J connectivity index is 3.90. The van der Waals surface area contributed by atoms with Crippen LogP contribution in [-0.4, -0.2) is 0 Å². The highest BCUT2D eigenvalue weighted by Gasteiger charge is 1.99. The molecule has 0 unspecified atom stereocenters. The molecule has 0 saturated carbocycles. The molecule has 0 N–H and O–H groups in total. The first-order chi connectivity index (χ1) is 11.8. The predicted octanol–water partition coefficient (Wildman–Crippen LogP) is 8.94. The molecule has 0 fully saturated rings. The summed E-state index contributed by atoms with van der Waals surface area (Å²) in [4.78, 5) is 0. The summed E-state index contributed by atoms with van der Waals surface area (Å²) in [6.07, 6.45) is 29.5. The second-order valence-corrected chi connectivity index (χ2v) is 7.19. The van der Waals surface area contributed by atoms with Crippen molar-refractivity contribution in [3.05, 3.63) is 37.0 Å². The Bertz CT molecular complexity index is 297. The zero-order chi connectivity index (χ0) is 17.7. The zero-order valence-electron chi connectivity index (χ0n) is 16.7. The van der Waals surface area contributed by atoms with Crippen molar-refractivity contribution in [2.75, 3.05) is 0 Å². The van der Waals surface area contributed by atoms with Crippen LogP contribution in [0.15, 0.2) is 37.0 Å². The second-order valence-electron chi connectivity index (χ2n) is 7.19.